The van der Waals surface area contributed by atoms with Gasteiger partial charge in [0.25, 0.3) is 11.7 Å². The van der Waals surface area contributed by atoms with E-state index in [2.05, 4.69) is 0 Å². The van der Waals surface area contributed by atoms with E-state index in [0.29, 0.717) is 5.69 Å². The summed E-state index contributed by atoms with van der Waals surface area (Å²) in [6.45, 7) is -0.195. The van der Waals surface area contributed by atoms with Crippen LogP contribution in [-0.2, 0) is 4.79 Å². The van der Waals surface area contributed by atoms with Crippen molar-refractivity contribution in [2.45, 2.75) is 0 Å². The van der Waals surface area contributed by atoms with Crippen LogP contribution >= 0.6 is 0 Å². The van der Waals surface area contributed by atoms with Gasteiger partial charge in [-0.25, -0.2) is 4.39 Å². The van der Waals surface area contributed by atoms with Crippen molar-refractivity contribution >= 4 is 17.4 Å². The van der Waals surface area contributed by atoms with Gasteiger partial charge in [-0.3, -0.25) is 9.59 Å². The topological polar surface area (TPSA) is 57.6 Å². The second-order valence-electron chi connectivity index (χ2n) is 3.17. The van der Waals surface area contributed by atoms with Gasteiger partial charge in [-0.1, -0.05) is 0 Å². The van der Waals surface area contributed by atoms with E-state index in [1.165, 1.54) is 12.1 Å². The largest absolute Gasteiger partial charge is 0.395 e. The first-order chi connectivity index (χ1) is 7.15. The van der Waals surface area contributed by atoms with E-state index in [1.54, 1.807) is 0 Å². The van der Waals surface area contributed by atoms with Crippen LogP contribution in [0.4, 0.5) is 10.1 Å². The molecule has 1 aliphatic heterocycles. The van der Waals surface area contributed by atoms with Gasteiger partial charge in [0, 0.05) is 6.54 Å². The third kappa shape index (κ3) is 1.41. The summed E-state index contributed by atoms with van der Waals surface area (Å²) in [4.78, 5) is 24.0. The van der Waals surface area contributed by atoms with Crippen molar-refractivity contribution in [3.05, 3.63) is 29.6 Å². The van der Waals surface area contributed by atoms with E-state index in [-0.39, 0.29) is 18.7 Å². The standard InChI is InChI=1S/C10H8FNO3/c11-6-1-2-8-7(5-6)9(14)10(15)12(8)3-4-13/h1-2,5,13H,3-4H2. The molecule has 1 aliphatic rings. The van der Waals surface area contributed by atoms with Crippen molar-refractivity contribution in [2.75, 3.05) is 18.1 Å². The number of aliphatic hydroxyl groups excluding tert-OH is 1. The molecule has 0 fully saturated rings. The summed E-state index contributed by atoms with van der Waals surface area (Å²) in [5.41, 5.74) is 0.425. The van der Waals surface area contributed by atoms with Gasteiger partial charge in [0.15, 0.2) is 0 Å². The van der Waals surface area contributed by atoms with Crippen molar-refractivity contribution in [1.29, 1.82) is 0 Å². The van der Waals surface area contributed by atoms with E-state index in [0.717, 1.165) is 11.0 Å². The van der Waals surface area contributed by atoms with Crippen molar-refractivity contribution in [1.82, 2.24) is 0 Å². The monoisotopic (exact) mass is 209 g/mol. The van der Waals surface area contributed by atoms with Crippen molar-refractivity contribution in [3.8, 4) is 0 Å². The predicted octanol–water partition coefficient (Wildman–Crippen LogP) is 0.347. The van der Waals surface area contributed by atoms with E-state index in [1.807, 2.05) is 0 Å². The molecule has 1 N–H and O–H groups in total. The maximum atomic E-state index is 12.8. The average Bonchev–Trinajstić information content (AvgIpc) is 2.44. The number of benzene rings is 1. The second-order valence-corrected chi connectivity index (χ2v) is 3.17. The molecule has 0 aliphatic carbocycles. The molecule has 1 heterocycles. The summed E-state index contributed by atoms with van der Waals surface area (Å²) in [5, 5.41) is 8.73. The maximum absolute atomic E-state index is 12.8. The number of β-amino-alcohol motifs (C(OH)–C–C–N with tert-alkyl or cyclic N) is 1. The number of carbonyl (C=O) groups excluding carboxylic acids is 2. The number of halogens is 1. The Morgan fingerprint density at radius 2 is 2.07 bits per heavy atom. The van der Waals surface area contributed by atoms with Crippen LogP contribution in [0.5, 0.6) is 0 Å². The first-order valence-electron chi connectivity index (χ1n) is 4.41. The normalized spacial score (nSPS) is 14.7. The third-order valence-electron chi connectivity index (χ3n) is 2.26. The number of nitrogens with zero attached hydrogens (tertiary/aromatic N) is 1. The Balaban J connectivity index is 2.50. The number of amides is 1. The van der Waals surface area contributed by atoms with Crippen LogP contribution in [0, 0.1) is 5.82 Å². The molecule has 0 saturated heterocycles. The zero-order valence-corrected chi connectivity index (χ0v) is 7.74. The molecule has 15 heavy (non-hydrogen) atoms. The van der Waals surface area contributed by atoms with Gasteiger partial charge in [0.1, 0.15) is 5.82 Å². The Bertz CT molecular complexity index is 444. The number of aliphatic hydroxyl groups is 1. The zero-order chi connectivity index (χ0) is 11.0. The lowest BCUT2D eigenvalue weighted by molar-refractivity contribution is -0.114. The minimum atomic E-state index is -0.724. The summed E-state index contributed by atoms with van der Waals surface area (Å²) in [5.74, 6) is -2.00. The van der Waals surface area contributed by atoms with Gasteiger partial charge in [-0.15, -0.1) is 0 Å². The highest BCUT2D eigenvalue weighted by Gasteiger charge is 2.35. The molecule has 0 saturated carbocycles. The van der Waals surface area contributed by atoms with Gasteiger partial charge in [0.05, 0.1) is 17.9 Å². The highest BCUT2D eigenvalue weighted by atomic mass is 19.1. The summed E-state index contributed by atoms with van der Waals surface area (Å²) in [7, 11) is 0. The molecular formula is C10H8FNO3. The average molecular weight is 209 g/mol. The smallest absolute Gasteiger partial charge is 0.299 e. The lowest BCUT2D eigenvalue weighted by Crippen LogP contribution is -2.32. The van der Waals surface area contributed by atoms with Crippen molar-refractivity contribution in [3.63, 3.8) is 0 Å². The number of rotatable bonds is 2. The Labute approximate surface area is 84.9 Å². The lowest BCUT2D eigenvalue weighted by atomic mass is 10.1. The maximum Gasteiger partial charge on any atom is 0.299 e. The molecule has 0 bridgehead atoms. The Morgan fingerprint density at radius 3 is 2.73 bits per heavy atom. The van der Waals surface area contributed by atoms with Crippen LogP contribution in [0.1, 0.15) is 10.4 Å². The first-order valence-corrected chi connectivity index (χ1v) is 4.41. The number of fused-ring (bicyclic) bond motifs is 1. The van der Waals surface area contributed by atoms with Crippen LogP contribution in [0.25, 0.3) is 0 Å². The van der Waals surface area contributed by atoms with Crippen LogP contribution in [0.2, 0.25) is 0 Å². The molecule has 0 radical (unpaired) electrons. The van der Waals surface area contributed by atoms with E-state index in [4.69, 9.17) is 5.11 Å². The summed E-state index contributed by atoms with van der Waals surface area (Å²) in [6.07, 6.45) is 0. The number of carbonyl (C=O) groups is 2. The number of anilines is 1. The van der Waals surface area contributed by atoms with E-state index >= 15 is 0 Å². The minimum Gasteiger partial charge on any atom is -0.395 e. The highest BCUT2D eigenvalue weighted by molar-refractivity contribution is 6.52. The lowest BCUT2D eigenvalue weighted by Gasteiger charge is -2.14. The van der Waals surface area contributed by atoms with Crippen LogP contribution in [-0.4, -0.2) is 29.9 Å². The SMILES string of the molecule is O=C1C(=O)N(CCO)c2ccc(F)cc21. The van der Waals surface area contributed by atoms with Crippen LogP contribution < -0.4 is 4.90 Å². The molecule has 0 unspecified atom stereocenters. The molecule has 1 aromatic carbocycles. The fourth-order valence-corrected chi connectivity index (χ4v) is 1.59. The summed E-state index contributed by atoms with van der Waals surface area (Å²) >= 11 is 0. The van der Waals surface area contributed by atoms with Gasteiger partial charge < -0.3 is 10.0 Å². The number of Topliss-reactive ketones (excluding diaryl/α,β-unsaturated/α-hetero) is 1. The predicted molar refractivity (Wildman–Crippen MR) is 50.2 cm³/mol. The van der Waals surface area contributed by atoms with Crippen molar-refractivity contribution in [2.24, 2.45) is 0 Å². The highest BCUT2D eigenvalue weighted by Crippen LogP contribution is 2.28. The van der Waals surface area contributed by atoms with Gasteiger partial charge in [-0.05, 0) is 18.2 Å². The van der Waals surface area contributed by atoms with Crippen LogP contribution in [0.15, 0.2) is 18.2 Å². The van der Waals surface area contributed by atoms with Gasteiger partial charge >= 0.3 is 0 Å². The molecule has 0 aromatic heterocycles. The second kappa shape index (κ2) is 3.43. The number of ketones is 1. The molecule has 2 rings (SSSR count). The molecule has 0 spiro atoms. The Hall–Kier alpha value is -1.75. The fraction of sp³-hybridized carbons (Fsp3) is 0.200. The fourth-order valence-electron chi connectivity index (χ4n) is 1.59. The summed E-state index contributed by atoms with van der Waals surface area (Å²) in [6, 6.07) is 3.57. The Kier molecular flexibility index (Phi) is 2.24. The quantitative estimate of drug-likeness (QED) is 0.715. The zero-order valence-electron chi connectivity index (χ0n) is 7.74. The van der Waals surface area contributed by atoms with Gasteiger partial charge in [-0.2, -0.15) is 0 Å². The molecule has 5 heteroatoms. The van der Waals surface area contributed by atoms with Gasteiger partial charge in [0.2, 0.25) is 0 Å². The molecule has 78 valence electrons. The minimum absolute atomic E-state index is 0.0448. The molecule has 1 aromatic rings. The van der Waals surface area contributed by atoms with Crippen LogP contribution in [0.3, 0.4) is 0 Å². The molecule has 1 amide bonds. The molecule has 0 atom stereocenters. The molecular weight excluding hydrogens is 201 g/mol. The Morgan fingerprint density at radius 1 is 1.33 bits per heavy atom. The summed E-state index contributed by atoms with van der Waals surface area (Å²) < 4.78 is 12.8. The number of hydrogen-bond acceptors (Lipinski definition) is 3. The first kappa shape index (κ1) is 9.79. The third-order valence-corrected chi connectivity index (χ3v) is 2.26. The number of hydrogen-bond donors (Lipinski definition) is 1. The van der Waals surface area contributed by atoms with E-state index in [9.17, 15) is 14.0 Å². The van der Waals surface area contributed by atoms with E-state index < -0.39 is 17.5 Å². The molecule has 4 nitrogen and oxygen atoms in total. The van der Waals surface area contributed by atoms with Crippen molar-refractivity contribution < 1.29 is 19.1 Å².